The van der Waals surface area contributed by atoms with Crippen molar-refractivity contribution in [2.24, 2.45) is 5.92 Å². The molecule has 0 aliphatic carbocycles. The molecule has 2 rings (SSSR count). The number of nitrogens with zero attached hydrogens (tertiary/aromatic N) is 4. The Balaban J connectivity index is 2.38. The molecule has 1 aromatic heterocycles. The number of aromatic nitrogens is 2. The van der Waals surface area contributed by atoms with Crippen LogP contribution in [0.2, 0.25) is 0 Å². The molecular weight excluding hydrogens is 228 g/mol. The fourth-order valence-corrected chi connectivity index (χ4v) is 2.16. The van der Waals surface area contributed by atoms with Crippen LogP contribution in [0.15, 0.2) is 0 Å². The van der Waals surface area contributed by atoms with Gasteiger partial charge in [0.1, 0.15) is 17.4 Å². The van der Waals surface area contributed by atoms with Crippen LogP contribution in [-0.4, -0.2) is 29.1 Å². The first-order valence-electron chi connectivity index (χ1n) is 6.06. The lowest BCUT2D eigenvalue weighted by Crippen LogP contribution is -2.40. The largest absolute Gasteiger partial charge is 0.353 e. The number of hydrogen-bond donors (Lipinski definition) is 0. The van der Waals surface area contributed by atoms with E-state index in [4.69, 9.17) is 0 Å². The molecule has 1 saturated heterocycles. The van der Waals surface area contributed by atoms with Crippen molar-refractivity contribution in [2.45, 2.75) is 27.2 Å². The minimum Gasteiger partial charge on any atom is -0.353 e. The molecule has 1 unspecified atom stereocenters. The van der Waals surface area contributed by atoms with Crippen molar-refractivity contribution in [1.29, 1.82) is 5.26 Å². The fourth-order valence-electron chi connectivity index (χ4n) is 2.16. The van der Waals surface area contributed by atoms with Gasteiger partial charge in [-0.25, -0.2) is 0 Å². The van der Waals surface area contributed by atoms with Crippen molar-refractivity contribution in [2.75, 3.05) is 18.0 Å². The fraction of sp³-hybridized carbons (Fsp3) is 0.538. The van der Waals surface area contributed by atoms with Crippen LogP contribution < -0.4 is 4.90 Å². The second-order valence-electron chi connectivity index (χ2n) is 4.78. The molecule has 0 spiro atoms. The first-order chi connectivity index (χ1) is 8.54. The molecule has 0 N–H and O–H groups in total. The van der Waals surface area contributed by atoms with Gasteiger partial charge in [-0.05, 0) is 19.4 Å². The van der Waals surface area contributed by atoms with Crippen LogP contribution >= 0.6 is 0 Å². The second-order valence-corrected chi connectivity index (χ2v) is 4.78. The van der Waals surface area contributed by atoms with Gasteiger partial charge in [0.25, 0.3) is 0 Å². The van der Waals surface area contributed by atoms with E-state index in [-0.39, 0.29) is 11.7 Å². The highest BCUT2D eigenvalue weighted by Crippen LogP contribution is 2.24. The number of carbonyl (C=O) groups excluding carboxylic acids is 1. The van der Waals surface area contributed by atoms with Gasteiger partial charge in [-0.2, -0.15) is 10.4 Å². The number of Topliss-reactive ketones (excluding diaryl/α,β-unsaturated/α-hetero) is 1. The number of hydrogen-bond acceptors (Lipinski definition) is 5. The van der Waals surface area contributed by atoms with E-state index in [1.54, 1.807) is 0 Å². The first kappa shape index (κ1) is 12.5. The Bertz CT molecular complexity index is 533. The minimum absolute atomic E-state index is 0.00583. The number of carbonyl (C=O) groups is 1. The Hall–Kier alpha value is -1.96. The van der Waals surface area contributed by atoms with Gasteiger partial charge in [0, 0.05) is 25.4 Å². The third kappa shape index (κ3) is 2.06. The highest BCUT2D eigenvalue weighted by atomic mass is 16.1. The quantitative estimate of drug-likeness (QED) is 0.746. The molecule has 2 heterocycles. The first-order valence-corrected chi connectivity index (χ1v) is 6.06. The van der Waals surface area contributed by atoms with Crippen LogP contribution in [0.1, 0.15) is 30.2 Å². The molecule has 0 saturated carbocycles. The molecule has 1 atom stereocenters. The maximum absolute atomic E-state index is 11.5. The molecule has 5 heteroatoms. The summed E-state index contributed by atoms with van der Waals surface area (Å²) in [5.41, 5.74) is 2.22. The normalized spacial score (nSPS) is 19.8. The molecule has 94 valence electrons. The highest BCUT2D eigenvalue weighted by molar-refractivity contribution is 5.83. The number of rotatable bonds is 1. The second kappa shape index (κ2) is 4.73. The molecule has 1 fully saturated rings. The number of piperidine rings is 1. The summed E-state index contributed by atoms with van der Waals surface area (Å²) in [6.07, 6.45) is 0.515. The molecule has 0 amide bonds. The molecule has 18 heavy (non-hydrogen) atoms. The maximum atomic E-state index is 11.5. The van der Waals surface area contributed by atoms with Gasteiger partial charge in [-0.1, -0.05) is 6.92 Å². The third-order valence-corrected chi connectivity index (χ3v) is 3.52. The number of anilines is 1. The van der Waals surface area contributed by atoms with Crippen LogP contribution in [0.5, 0.6) is 0 Å². The number of aryl methyl sites for hydroxylation is 1. The average molecular weight is 244 g/mol. The highest BCUT2D eigenvalue weighted by Gasteiger charge is 2.26. The third-order valence-electron chi connectivity index (χ3n) is 3.52. The lowest BCUT2D eigenvalue weighted by atomic mass is 9.98. The molecule has 5 nitrogen and oxygen atoms in total. The smallest absolute Gasteiger partial charge is 0.169 e. The molecular formula is C13H16N4O. The summed E-state index contributed by atoms with van der Waals surface area (Å²) in [7, 11) is 0. The average Bonchev–Trinajstić information content (AvgIpc) is 2.36. The van der Waals surface area contributed by atoms with Gasteiger partial charge in [0.05, 0.1) is 5.69 Å². The van der Waals surface area contributed by atoms with Crippen LogP contribution in [0.25, 0.3) is 0 Å². The molecule has 1 aliphatic rings. The topological polar surface area (TPSA) is 69.9 Å². The Labute approximate surface area is 106 Å². The standard InChI is InChI=1S/C13H16N4O/c1-8-7-17(5-4-12(8)18)13-11(6-14)9(2)10(3)15-16-13/h8H,4-5,7H2,1-3H3. The van der Waals surface area contributed by atoms with Crippen molar-refractivity contribution in [3.8, 4) is 6.07 Å². The summed E-state index contributed by atoms with van der Waals surface area (Å²) in [5.74, 6) is 0.884. The Morgan fingerprint density at radius 2 is 2.11 bits per heavy atom. The van der Waals surface area contributed by atoms with Gasteiger partial charge >= 0.3 is 0 Å². The van der Waals surface area contributed by atoms with E-state index < -0.39 is 0 Å². The van der Waals surface area contributed by atoms with Crippen LogP contribution in [-0.2, 0) is 4.79 Å². The lowest BCUT2D eigenvalue weighted by molar-refractivity contribution is -0.122. The Morgan fingerprint density at radius 1 is 1.39 bits per heavy atom. The Morgan fingerprint density at radius 3 is 2.72 bits per heavy atom. The van der Waals surface area contributed by atoms with Crippen LogP contribution in [0, 0.1) is 31.1 Å². The van der Waals surface area contributed by atoms with E-state index in [1.807, 2.05) is 25.7 Å². The van der Waals surface area contributed by atoms with Crippen molar-refractivity contribution in [3.05, 3.63) is 16.8 Å². The van der Waals surface area contributed by atoms with E-state index in [0.29, 0.717) is 30.9 Å². The monoisotopic (exact) mass is 244 g/mol. The van der Waals surface area contributed by atoms with E-state index in [9.17, 15) is 10.1 Å². The molecule has 0 aromatic carbocycles. The predicted octanol–water partition coefficient (Wildman–Crippen LogP) is 1.38. The lowest BCUT2D eigenvalue weighted by Gasteiger charge is -2.31. The van der Waals surface area contributed by atoms with Gasteiger partial charge in [0.15, 0.2) is 5.82 Å². The number of nitriles is 1. The number of ketones is 1. The SMILES string of the molecule is Cc1nnc(N2CCC(=O)C(C)C2)c(C#N)c1C. The van der Waals surface area contributed by atoms with Gasteiger partial charge in [0.2, 0.25) is 0 Å². The maximum Gasteiger partial charge on any atom is 0.169 e. The van der Waals surface area contributed by atoms with Gasteiger partial charge in [-0.15, -0.1) is 5.10 Å². The van der Waals surface area contributed by atoms with Crippen molar-refractivity contribution < 1.29 is 4.79 Å². The zero-order valence-corrected chi connectivity index (χ0v) is 10.9. The Kier molecular flexibility index (Phi) is 3.28. The summed E-state index contributed by atoms with van der Waals surface area (Å²) >= 11 is 0. The van der Waals surface area contributed by atoms with Crippen molar-refractivity contribution in [3.63, 3.8) is 0 Å². The molecule has 0 radical (unpaired) electrons. The van der Waals surface area contributed by atoms with E-state index in [1.165, 1.54) is 0 Å². The zero-order chi connectivity index (χ0) is 13.3. The summed E-state index contributed by atoms with van der Waals surface area (Å²) in [4.78, 5) is 13.5. The molecule has 0 bridgehead atoms. The summed E-state index contributed by atoms with van der Waals surface area (Å²) in [5, 5.41) is 17.5. The van der Waals surface area contributed by atoms with E-state index in [2.05, 4.69) is 16.3 Å². The van der Waals surface area contributed by atoms with Crippen molar-refractivity contribution in [1.82, 2.24) is 10.2 Å². The van der Waals surface area contributed by atoms with Gasteiger partial charge in [-0.3, -0.25) is 4.79 Å². The molecule has 1 aromatic rings. The summed E-state index contributed by atoms with van der Waals surface area (Å²) < 4.78 is 0. The van der Waals surface area contributed by atoms with Crippen LogP contribution in [0.3, 0.4) is 0 Å². The van der Waals surface area contributed by atoms with E-state index in [0.717, 1.165) is 11.3 Å². The van der Waals surface area contributed by atoms with Gasteiger partial charge < -0.3 is 4.90 Å². The summed E-state index contributed by atoms with van der Waals surface area (Å²) in [6.45, 7) is 6.87. The zero-order valence-electron chi connectivity index (χ0n) is 10.9. The minimum atomic E-state index is -0.00583. The van der Waals surface area contributed by atoms with Crippen LogP contribution in [0.4, 0.5) is 5.82 Å². The van der Waals surface area contributed by atoms with Crippen molar-refractivity contribution >= 4 is 11.6 Å². The summed E-state index contributed by atoms with van der Waals surface area (Å²) in [6, 6.07) is 2.20. The molecule has 1 aliphatic heterocycles. The van der Waals surface area contributed by atoms with E-state index >= 15 is 0 Å². The predicted molar refractivity (Wildman–Crippen MR) is 67.2 cm³/mol.